The lowest BCUT2D eigenvalue weighted by molar-refractivity contribution is 0.227. The van der Waals surface area contributed by atoms with E-state index in [4.69, 9.17) is 0 Å². The van der Waals surface area contributed by atoms with Gasteiger partial charge < -0.3 is 5.32 Å². The van der Waals surface area contributed by atoms with Gasteiger partial charge in [0.15, 0.2) is 0 Å². The highest BCUT2D eigenvalue weighted by Crippen LogP contribution is 2.29. The molecule has 0 amide bonds. The van der Waals surface area contributed by atoms with Crippen molar-refractivity contribution in [2.45, 2.75) is 58.0 Å². The Morgan fingerprint density at radius 2 is 1.94 bits per heavy atom. The Bertz CT molecular complexity index is 363. The molecule has 0 aromatic carbocycles. The van der Waals surface area contributed by atoms with Crippen LogP contribution in [0.2, 0.25) is 0 Å². The summed E-state index contributed by atoms with van der Waals surface area (Å²) in [6, 6.07) is 0.291. The number of nitrogens with one attached hydrogen (secondary N) is 2. The van der Waals surface area contributed by atoms with Crippen LogP contribution < -0.4 is 10.0 Å². The van der Waals surface area contributed by atoms with E-state index in [1.807, 2.05) is 0 Å². The molecule has 2 fully saturated rings. The van der Waals surface area contributed by atoms with E-state index in [9.17, 15) is 8.42 Å². The molecule has 2 N–H and O–H groups in total. The van der Waals surface area contributed by atoms with Gasteiger partial charge in [-0.05, 0) is 37.6 Å². The molecular weight excluding hydrogens is 248 g/mol. The fourth-order valence-electron chi connectivity index (χ4n) is 3.19. The van der Waals surface area contributed by atoms with Crippen molar-refractivity contribution in [2.24, 2.45) is 11.8 Å². The molecule has 4 atom stereocenters. The molecule has 4 nitrogen and oxygen atoms in total. The summed E-state index contributed by atoms with van der Waals surface area (Å²) in [6.07, 6.45) is 5.43. The van der Waals surface area contributed by atoms with Crippen molar-refractivity contribution >= 4 is 10.0 Å². The lowest BCUT2D eigenvalue weighted by Crippen LogP contribution is -2.46. The minimum absolute atomic E-state index is 0.139. The molecule has 0 spiro atoms. The normalized spacial score (nSPS) is 37.9. The van der Waals surface area contributed by atoms with E-state index in [0.717, 1.165) is 32.2 Å². The summed E-state index contributed by atoms with van der Waals surface area (Å²) in [4.78, 5) is 0. The van der Waals surface area contributed by atoms with Crippen molar-refractivity contribution < 1.29 is 8.42 Å². The first kappa shape index (κ1) is 14.3. The van der Waals surface area contributed by atoms with Crippen molar-refractivity contribution in [3.63, 3.8) is 0 Å². The minimum Gasteiger partial charge on any atom is -0.313 e. The SMILES string of the molecule is CC1CCCC(NS(=O)(=O)CC2CCCN2)C1C. The van der Waals surface area contributed by atoms with Crippen LogP contribution in [0.3, 0.4) is 0 Å². The number of rotatable bonds is 4. The van der Waals surface area contributed by atoms with E-state index in [0.29, 0.717) is 11.8 Å². The highest BCUT2D eigenvalue weighted by atomic mass is 32.2. The van der Waals surface area contributed by atoms with E-state index >= 15 is 0 Å². The van der Waals surface area contributed by atoms with E-state index < -0.39 is 10.0 Å². The maximum atomic E-state index is 12.2. The number of hydrogen-bond donors (Lipinski definition) is 2. The summed E-state index contributed by atoms with van der Waals surface area (Å²) in [5.41, 5.74) is 0. The second-order valence-electron chi connectivity index (χ2n) is 6.07. The average Bonchev–Trinajstić information content (AvgIpc) is 2.76. The molecule has 0 aromatic rings. The topological polar surface area (TPSA) is 58.2 Å². The predicted molar refractivity (Wildman–Crippen MR) is 73.9 cm³/mol. The van der Waals surface area contributed by atoms with Crippen molar-refractivity contribution in [1.29, 1.82) is 0 Å². The molecule has 1 saturated heterocycles. The van der Waals surface area contributed by atoms with Crippen LogP contribution >= 0.6 is 0 Å². The van der Waals surface area contributed by atoms with Crippen molar-refractivity contribution in [3.8, 4) is 0 Å². The van der Waals surface area contributed by atoms with Gasteiger partial charge in [0.2, 0.25) is 10.0 Å². The third-order valence-corrected chi connectivity index (χ3v) is 6.12. The van der Waals surface area contributed by atoms with Crippen molar-refractivity contribution in [2.75, 3.05) is 12.3 Å². The Morgan fingerprint density at radius 3 is 2.61 bits per heavy atom. The van der Waals surface area contributed by atoms with Crippen LogP contribution in [-0.2, 0) is 10.0 Å². The minimum atomic E-state index is -3.13. The van der Waals surface area contributed by atoms with E-state index in [2.05, 4.69) is 23.9 Å². The van der Waals surface area contributed by atoms with Crippen LogP contribution in [0.4, 0.5) is 0 Å². The molecule has 1 saturated carbocycles. The molecule has 1 heterocycles. The summed E-state index contributed by atoms with van der Waals surface area (Å²) in [5.74, 6) is 1.31. The van der Waals surface area contributed by atoms with Crippen LogP contribution in [0.15, 0.2) is 0 Å². The Kier molecular flexibility index (Phi) is 4.67. The molecule has 2 aliphatic rings. The molecule has 0 bridgehead atoms. The van der Waals surface area contributed by atoms with Gasteiger partial charge in [0, 0.05) is 12.1 Å². The van der Waals surface area contributed by atoms with Gasteiger partial charge in [-0.1, -0.05) is 26.7 Å². The van der Waals surface area contributed by atoms with Gasteiger partial charge in [-0.2, -0.15) is 0 Å². The number of sulfonamides is 1. The maximum Gasteiger partial charge on any atom is 0.213 e. The first-order chi connectivity index (χ1) is 8.48. The van der Waals surface area contributed by atoms with Gasteiger partial charge in [-0.3, -0.25) is 0 Å². The van der Waals surface area contributed by atoms with Gasteiger partial charge in [0.25, 0.3) is 0 Å². The van der Waals surface area contributed by atoms with Crippen molar-refractivity contribution in [3.05, 3.63) is 0 Å². The van der Waals surface area contributed by atoms with Gasteiger partial charge in [0.1, 0.15) is 0 Å². The highest BCUT2D eigenvalue weighted by Gasteiger charge is 2.31. The quantitative estimate of drug-likeness (QED) is 0.816. The molecule has 1 aliphatic carbocycles. The lowest BCUT2D eigenvalue weighted by Gasteiger charge is -2.34. The molecule has 2 rings (SSSR count). The van der Waals surface area contributed by atoms with Gasteiger partial charge in [-0.15, -0.1) is 0 Å². The fraction of sp³-hybridized carbons (Fsp3) is 1.00. The van der Waals surface area contributed by atoms with Gasteiger partial charge in [-0.25, -0.2) is 13.1 Å². The zero-order valence-corrected chi connectivity index (χ0v) is 12.3. The first-order valence-electron chi connectivity index (χ1n) is 7.21. The fourth-order valence-corrected chi connectivity index (χ4v) is 4.90. The Labute approximate surface area is 111 Å². The monoisotopic (exact) mass is 274 g/mol. The Hall–Kier alpha value is -0.130. The van der Waals surface area contributed by atoms with Gasteiger partial charge in [0.05, 0.1) is 5.75 Å². The van der Waals surface area contributed by atoms with Crippen LogP contribution in [0.25, 0.3) is 0 Å². The predicted octanol–water partition coefficient (Wildman–Crippen LogP) is 1.48. The molecule has 5 heteroatoms. The van der Waals surface area contributed by atoms with Crippen LogP contribution in [0.5, 0.6) is 0 Å². The Morgan fingerprint density at radius 1 is 1.17 bits per heavy atom. The second-order valence-corrected chi connectivity index (χ2v) is 7.86. The highest BCUT2D eigenvalue weighted by molar-refractivity contribution is 7.89. The standard InChI is InChI=1S/C13H26N2O2S/c1-10-5-3-7-13(11(10)2)15-18(16,17)9-12-6-4-8-14-12/h10-15H,3-9H2,1-2H3. The molecule has 4 unspecified atom stereocenters. The molecule has 106 valence electrons. The van der Waals surface area contributed by atoms with Crippen molar-refractivity contribution in [1.82, 2.24) is 10.0 Å². The summed E-state index contributed by atoms with van der Waals surface area (Å²) >= 11 is 0. The van der Waals surface area contributed by atoms with Crippen LogP contribution in [0, 0.1) is 11.8 Å². The average molecular weight is 274 g/mol. The first-order valence-corrected chi connectivity index (χ1v) is 8.86. The van der Waals surface area contributed by atoms with Crippen LogP contribution in [0.1, 0.15) is 46.0 Å². The largest absolute Gasteiger partial charge is 0.313 e. The third-order valence-electron chi connectivity index (χ3n) is 4.62. The van der Waals surface area contributed by atoms with E-state index in [-0.39, 0.29) is 17.8 Å². The zero-order chi connectivity index (χ0) is 13.2. The third kappa shape index (κ3) is 3.68. The molecule has 18 heavy (non-hydrogen) atoms. The molecule has 0 radical (unpaired) electrons. The Balaban J connectivity index is 1.90. The lowest BCUT2D eigenvalue weighted by atomic mass is 9.78. The summed E-state index contributed by atoms with van der Waals surface area (Å²) in [5, 5.41) is 3.25. The smallest absolute Gasteiger partial charge is 0.213 e. The second kappa shape index (κ2) is 5.88. The summed E-state index contributed by atoms with van der Waals surface area (Å²) in [7, 11) is -3.13. The molecular formula is C13H26N2O2S. The molecule has 1 aliphatic heterocycles. The molecule has 0 aromatic heterocycles. The van der Waals surface area contributed by atoms with E-state index in [1.54, 1.807) is 0 Å². The zero-order valence-electron chi connectivity index (χ0n) is 11.5. The summed E-state index contributed by atoms with van der Waals surface area (Å²) in [6.45, 7) is 5.35. The number of hydrogen-bond acceptors (Lipinski definition) is 3. The van der Waals surface area contributed by atoms with E-state index in [1.165, 1.54) is 6.42 Å². The maximum absolute atomic E-state index is 12.2. The van der Waals surface area contributed by atoms with Gasteiger partial charge >= 0.3 is 0 Å². The van der Waals surface area contributed by atoms with Crippen LogP contribution in [-0.4, -0.2) is 32.8 Å². The summed E-state index contributed by atoms with van der Waals surface area (Å²) < 4.78 is 27.2.